The van der Waals surface area contributed by atoms with E-state index in [1.54, 1.807) is 18.2 Å². The lowest BCUT2D eigenvalue weighted by atomic mass is 9.98. The Bertz CT molecular complexity index is 1140. The zero-order chi connectivity index (χ0) is 25.3. The maximum atomic E-state index is 12.8. The van der Waals surface area contributed by atoms with E-state index in [0.29, 0.717) is 0 Å². The molecule has 1 aliphatic heterocycles. The molecule has 9 heteroatoms. The third-order valence-electron chi connectivity index (χ3n) is 5.48. The van der Waals surface area contributed by atoms with Gasteiger partial charge < -0.3 is 24.1 Å². The second-order valence-corrected chi connectivity index (χ2v) is 9.06. The molecule has 1 N–H and O–H groups in total. The number of carbonyl (C=O) groups is 3. The van der Waals surface area contributed by atoms with Gasteiger partial charge in [0, 0.05) is 4.90 Å². The number of carboxylic acid groups (broad SMARTS) is 1. The number of esters is 1. The van der Waals surface area contributed by atoms with Crippen molar-refractivity contribution in [3.8, 4) is 0 Å². The molecule has 0 aliphatic carbocycles. The van der Waals surface area contributed by atoms with Crippen molar-refractivity contribution >= 4 is 30.2 Å². The summed E-state index contributed by atoms with van der Waals surface area (Å²) in [4.78, 5) is 37.4. The number of benzene rings is 3. The monoisotopic (exact) mass is 508 g/mol. The highest BCUT2D eigenvalue weighted by Crippen LogP contribution is 2.37. The minimum atomic E-state index is -1.60. The first-order valence-electron chi connectivity index (χ1n) is 11.2. The lowest BCUT2D eigenvalue weighted by molar-refractivity contribution is -0.227. The van der Waals surface area contributed by atoms with Crippen molar-refractivity contribution < 1.29 is 38.4 Å². The molecule has 1 unspecified atom stereocenters. The molecular weight excluding hydrogens is 484 g/mol. The molecule has 0 spiro atoms. The Hall–Kier alpha value is -3.66. The molecule has 1 aliphatic rings. The van der Waals surface area contributed by atoms with Gasteiger partial charge in [0.05, 0.1) is 12.2 Å². The minimum absolute atomic E-state index is 0.135. The number of thioether (sulfide) groups is 1. The molecule has 1 fully saturated rings. The van der Waals surface area contributed by atoms with Gasteiger partial charge in [-0.3, -0.25) is 4.79 Å². The van der Waals surface area contributed by atoms with E-state index in [-0.39, 0.29) is 18.6 Å². The molecule has 0 radical (unpaired) electrons. The highest BCUT2D eigenvalue weighted by atomic mass is 32.2. The average molecular weight is 509 g/mol. The van der Waals surface area contributed by atoms with Crippen molar-refractivity contribution in [2.45, 2.75) is 41.4 Å². The summed E-state index contributed by atoms with van der Waals surface area (Å²) in [5.74, 6) is -2.13. The second-order valence-electron chi connectivity index (χ2n) is 7.89. The van der Waals surface area contributed by atoms with Crippen LogP contribution in [0.4, 0.5) is 0 Å². The highest BCUT2D eigenvalue weighted by molar-refractivity contribution is 7.99. The maximum absolute atomic E-state index is 12.8. The summed E-state index contributed by atoms with van der Waals surface area (Å²) in [6.45, 7) is 0.331. The van der Waals surface area contributed by atoms with Gasteiger partial charge >= 0.3 is 11.9 Å². The van der Waals surface area contributed by atoms with E-state index in [1.165, 1.54) is 23.9 Å². The smallest absolute Gasteiger partial charge is 0.338 e. The van der Waals surface area contributed by atoms with Crippen molar-refractivity contribution in [1.29, 1.82) is 0 Å². The topological polar surface area (TPSA) is 108 Å². The number of hydrogen-bond donors (Lipinski definition) is 1. The van der Waals surface area contributed by atoms with Crippen LogP contribution in [-0.4, -0.2) is 53.4 Å². The van der Waals surface area contributed by atoms with Gasteiger partial charge in [0.1, 0.15) is 11.5 Å². The van der Waals surface area contributed by atoms with Crippen molar-refractivity contribution in [2.24, 2.45) is 0 Å². The number of rotatable bonds is 10. The van der Waals surface area contributed by atoms with Crippen molar-refractivity contribution in [3.63, 3.8) is 0 Å². The van der Waals surface area contributed by atoms with Crippen LogP contribution in [0.25, 0.3) is 0 Å². The average Bonchev–Trinajstić information content (AvgIpc) is 2.91. The van der Waals surface area contributed by atoms with Gasteiger partial charge in [-0.2, -0.15) is 0 Å². The SMILES string of the molecule is O=CO[C@H]1[C@H](OC(=O)c2ccccc2)[C@@H](C(=O)O)OC(Sc2ccccc2)[C@@H]1OCc1ccccc1. The molecule has 0 aromatic heterocycles. The number of carbonyl (C=O) groups excluding carboxylic acids is 2. The summed E-state index contributed by atoms with van der Waals surface area (Å²) in [7, 11) is 0. The molecule has 1 heterocycles. The lowest BCUT2D eigenvalue weighted by Crippen LogP contribution is -2.61. The molecule has 0 amide bonds. The van der Waals surface area contributed by atoms with Crippen molar-refractivity contribution in [1.82, 2.24) is 0 Å². The van der Waals surface area contributed by atoms with Gasteiger partial charge in [-0.05, 0) is 29.8 Å². The Morgan fingerprint density at radius 3 is 2.08 bits per heavy atom. The molecule has 3 aromatic carbocycles. The van der Waals surface area contributed by atoms with Crippen LogP contribution in [0, 0.1) is 0 Å². The predicted octanol–water partition coefficient (Wildman–Crippen LogP) is 3.94. The fourth-order valence-corrected chi connectivity index (χ4v) is 4.92. The largest absolute Gasteiger partial charge is 0.479 e. The summed E-state index contributed by atoms with van der Waals surface area (Å²) in [6.07, 6.45) is -5.24. The molecule has 3 aromatic rings. The summed E-state index contributed by atoms with van der Waals surface area (Å²) in [6, 6.07) is 26.6. The van der Waals surface area contributed by atoms with Gasteiger partial charge in [0.15, 0.2) is 18.3 Å². The summed E-state index contributed by atoms with van der Waals surface area (Å²) in [5, 5.41) is 9.95. The summed E-state index contributed by atoms with van der Waals surface area (Å²) >= 11 is 1.23. The van der Waals surface area contributed by atoms with Gasteiger partial charge in [-0.1, -0.05) is 78.5 Å². The van der Waals surface area contributed by atoms with Crippen LogP contribution in [0.3, 0.4) is 0 Å². The van der Waals surface area contributed by atoms with E-state index < -0.39 is 41.8 Å². The molecule has 1 saturated heterocycles. The second kappa shape index (κ2) is 12.3. The zero-order valence-electron chi connectivity index (χ0n) is 19.0. The standard InChI is InChI=1S/C27H24O8S/c28-17-33-21-22(34-26(31)19-12-6-2-7-13-19)23(25(29)30)35-27(36-20-14-8-3-9-15-20)24(21)32-16-18-10-4-1-5-11-18/h1-15,17,21-24,27H,16H2,(H,29,30)/t21-,22-,23-,24+,27?/m0/s1. The first kappa shape index (κ1) is 25.4. The Kier molecular flexibility index (Phi) is 8.72. The Balaban J connectivity index is 1.66. The highest BCUT2D eigenvalue weighted by Gasteiger charge is 2.53. The van der Waals surface area contributed by atoms with Crippen LogP contribution in [0.1, 0.15) is 15.9 Å². The van der Waals surface area contributed by atoms with E-state index in [2.05, 4.69) is 0 Å². The van der Waals surface area contributed by atoms with Crippen LogP contribution in [0.5, 0.6) is 0 Å². The lowest BCUT2D eigenvalue weighted by Gasteiger charge is -2.43. The quantitative estimate of drug-likeness (QED) is 0.322. The molecular formula is C27H24O8S. The minimum Gasteiger partial charge on any atom is -0.479 e. The third-order valence-corrected chi connectivity index (χ3v) is 6.64. The molecule has 186 valence electrons. The van der Waals surface area contributed by atoms with Gasteiger partial charge in [0.25, 0.3) is 6.47 Å². The van der Waals surface area contributed by atoms with Crippen LogP contribution in [-0.2, 0) is 35.1 Å². The molecule has 0 bridgehead atoms. The number of hydrogen-bond acceptors (Lipinski definition) is 8. The number of carboxylic acids is 1. The molecule has 5 atom stereocenters. The van der Waals surface area contributed by atoms with Crippen LogP contribution >= 0.6 is 11.8 Å². The Morgan fingerprint density at radius 1 is 0.861 bits per heavy atom. The van der Waals surface area contributed by atoms with E-state index in [9.17, 15) is 19.5 Å². The fraction of sp³-hybridized carbons (Fsp3) is 0.222. The number of ether oxygens (including phenoxy) is 4. The van der Waals surface area contributed by atoms with Crippen molar-refractivity contribution in [2.75, 3.05) is 0 Å². The third kappa shape index (κ3) is 6.31. The molecule has 4 rings (SSSR count). The first-order valence-corrected chi connectivity index (χ1v) is 12.1. The Morgan fingerprint density at radius 2 is 1.47 bits per heavy atom. The number of aliphatic carboxylic acids is 1. The molecule has 0 saturated carbocycles. The van der Waals surface area contributed by atoms with Crippen LogP contribution in [0.15, 0.2) is 95.9 Å². The van der Waals surface area contributed by atoms with Crippen LogP contribution < -0.4 is 0 Å². The summed E-state index contributed by atoms with van der Waals surface area (Å²) in [5.41, 5.74) is 0.187. The van der Waals surface area contributed by atoms with Gasteiger partial charge in [0.2, 0.25) is 0 Å². The fourth-order valence-electron chi connectivity index (χ4n) is 3.79. The van der Waals surface area contributed by atoms with E-state index in [1.807, 2.05) is 60.7 Å². The molecule has 8 nitrogen and oxygen atoms in total. The van der Waals surface area contributed by atoms with Crippen LogP contribution in [0.2, 0.25) is 0 Å². The van der Waals surface area contributed by atoms with Gasteiger partial charge in [-0.15, -0.1) is 0 Å². The summed E-state index contributed by atoms with van der Waals surface area (Å²) < 4.78 is 23.0. The first-order chi connectivity index (χ1) is 17.6. The Labute approximate surface area is 212 Å². The van der Waals surface area contributed by atoms with Gasteiger partial charge in [-0.25, -0.2) is 9.59 Å². The predicted molar refractivity (Wildman–Crippen MR) is 130 cm³/mol. The maximum Gasteiger partial charge on any atom is 0.338 e. The van der Waals surface area contributed by atoms with Crippen molar-refractivity contribution in [3.05, 3.63) is 102 Å². The normalized spacial score (nSPS) is 23.4. The van der Waals surface area contributed by atoms with E-state index >= 15 is 0 Å². The van der Waals surface area contributed by atoms with E-state index in [4.69, 9.17) is 18.9 Å². The van der Waals surface area contributed by atoms with E-state index in [0.717, 1.165) is 10.5 Å². The molecule has 36 heavy (non-hydrogen) atoms. The zero-order valence-corrected chi connectivity index (χ0v) is 19.9.